The third-order valence-corrected chi connectivity index (χ3v) is 6.50. The number of halogens is 6. The number of rotatable bonds is 7. The molecule has 3 rings (SSSR count). The molecule has 1 unspecified atom stereocenters. The molecule has 1 aliphatic heterocycles. The molecular formula is C27H33F6N5O. The number of aliphatic imine (C=N–C) groups is 1. The first kappa shape index (κ1) is 30.3. The second kappa shape index (κ2) is 12.3. The van der Waals surface area contributed by atoms with Gasteiger partial charge in [-0.2, -0.15) is 26.3 Å². The monoisotopic (exact) mass is 557 g/mol. The highest BCUT2D eigenvalue weighted by molar-refractivity contribution is 5.83. The third kappa shape index (κ3) is 8.11. The molecule has 6 nitrogen and oxygen atoms in total. The zero-order chi connectivity index (χ0) is 29.0. The molecule has 1 fully saturated rings. The topological polar surface area (TPSA) is 65.2 Å². The summed E-state index contributed by atoms with van der Waals surface area (Å²) in [6.45, 7) is 5.90. The Morgan fingerprint density at radius 2 is 1.49 bits per heavy atom. The number of nitrogens with zero attached hydrogens (tertiary/aromatic N) is 4. The summed E-state index contributed by atoms with van der Waals surface area (Å²) in [4.78, 5) is 23.3. The van der Waals surface area contributed by atoms with E-state index < -0.39 is 29.5 Å². The maximum absolute atomic E-state index is 13.6. The number of likely N-dealkylation sites (N-methyl/N-ethyl adjacent to an activating group) is 1. The first-order valence-electron chi connectivity index (χ1n) is 12.6. The zero-order valence-electron chi connectivity index (χ0n) is 22.1. The molecule has 0 spiro atoms. The van der Waals surface area contributed by atoms with E-state index in [1.807, 2.05) is 41.8 Å². The predicted molar refractivity (Wildman–Crippen MR) is 137 cm³/mol. The van der Waals surface area contributed by atoms with Crippen LogP contribution in [0, 0.1) is 0 Å². The molecule has 1 atom stereocenters. The fraction of sp³-hybridized carbons (Fsp3) is 0.481. The number of amides is 1. The van der Waals surface area contributed by atoms with Crippen molar-refractivity contribution in [3.05, 3.63) is 70.8 Å². The van der Waals surface area contributed by atoms with E-state index in [-0.39, 0.29) is 36.5 Å². The fourth-order valence-corrected chi connectivity index (χ4v) is 4.48. The van der Waals surface area contributed by atoms with Gasteiger partial charge in [-0.25, -0.2) is 0 Å². The average Bonchev–Trinajstić information content (AvgIpc) is 2.86. The van der Waals surface area contributed by atoms with Gasteiger partial charge in [-0.15, -0.1) is 0 Å². The second-order valence-corrected chi connectivity index (χ2v) is 9.84. The number of hydrogen-bond acceptors (Lipinski definition) is 3. The normalized spacial score (nSPS) is 16.5. The van der Waals surface area contributed by atoms with Gasteiger partial charge in [-0.3, -0.25) is 14.7 Å². The molecule has 0 radical (unpaired) electrons. The summed E-state index contributed by atoms with van der Waals surface area (Å²) in [7, 11) is 1.50. The van der Waals surface area contributed by atoms with Gasteiger partial charge in [0.1, 0.15) is 6.04 Å². The van der Waals surface area contributed by atoms with E-state index in [1.54, 1.807) is 12.1 Å². The predicted octanol–water partition coefficient (Wildman–Crippen LogP) is 4.81. The van der Waals surface area contributed by atoms with Crippen LogP contribution in [-0.4, -0.2) is 72.4 Å². The number of nitrogens with two attached hydrogens (primary N) is 1. The Bertz CT molecular complexity index is 1110. The van der Waals surface area contributed by atoms with Crippen LogP contribution in [0.15, 0.2) is 53.5 Å². The molecule has 2 aromatic carbocycles. The average molecular weight is 558 g/mol. The molecule has 1 aliphatic rings. The van der Waals surface area contributed by atoms with Gasteiger partial charge in [0.15, 0.2) is 5.96 Å². The van der Waals surface area contributed by atoms with Crippen molar-refractivity contribution < 1.29 is 31.1 Å². The molecule has 1 amide bonds. The van der Waals surface area contributed by atoms with Crippen LogP contribution in [0.3, 0.4) is 0 Å². The van der Waals surface area contributed by atoms with E-state index in [9.17, 15) is 31.1 Å². The SMILES string of the molecule is CC(C)N=C(N)N1CCN(C(C(=O)N(C)CCc2cc(C(F)(F)F)cc(C(F)(F)F)c2)c2ccccc2)CC1. The molecule has 0 aliphatic carbocycles. The van der Waals surface area contributed by atoms with E-state index in [0.29, 0.717) is 44.3 Å². The molecule has 214 valence electrons. The highest BCUT2D eigenvalue weighted by Gasteiger charge is 2.37. The van der Waals surface area contributed by atoms with Crippen LogP contribution in [0.4, 0.5) is 26.3 Å². The van der Waals surface area contributed by atoms with Gasteiger partial charge in [-0.1, -0.05) is 30.3 Å². The molecule has 39 heavy (non-hydrogen) atoms. The second-order valence-electron chi connectivity index (χ2n) is 9.84. The van der Waals surface area contributed by atoms with Crippen molar-refractivity contribution in [3.63, 3.8) is 0 Å². The number of guanidine groups is 1. The Morgan fingerprint density at radius 3 is 1.97 bits per heavy atom. The van der Waals surface area contributed by atoms with Gasteiger partial charge < -0.3 is 15.5 Å². The number of alkyl halides is 6. The number of hydrogen-bond donors (Lipinski definition) is 1. The lowest BCUT2D eigenvalue weighted by atomic mass is 10.0. The van der Waals surface area contributed by atoms with Gasteiger partial charge in [0, 0.05) is 45.8 Å². The van der Waals surface area contributed by atoms with Gasteiger partial charge >= 0.3 is 12.4 Å². The van der Waals surface area contributed by atoms with Crippen molar-refractivity contribution in [2.75, 3.05) is 39.8 Å². The minimum Gasteiger partial charge on any atom is -0.370 e. The Hall–Kier alpha value is -3.28. The summed E-state index contributed by atoms with van der Waals surface area (Å²) >= 11 is 0. The molecule has 2 N–H and O–H groups in total. The molecule has 0 aromatic heterocycles. The molecule has 1 saturated heterocycles. The van der Waals surface area contributed by atoms with Crippen LogP contribution in [0.5, 0.6) is 0 Å². The van der Waals surface area contributed by atoms with E-state index in [0.717, 1.165) is 5.56 Å². The summed E-state index contributed by atoms with van der Waals surface area (Å²) < 4.78 is 79.5. The Balaban J connectivity index is 1.78. The maximum atomic E-state index is 13.6. The van der Waals surface area contributed by atoms with Gasteiger partial charge in [0.05, 0.1) is 11.1 Å². The lowest BCUT2D eigenvalue weighted by Gasteiger charge is -2.40. The first-order chi connectivity index (χ1) is 18.2. The number of benzene rings is 2. The van der Waals surface area contributed by atoms with Gasteiger partial charge in [0.2, 0.25) is 5.91 Å². The lowest BCUT2D eigenvalue weighted by Crippen LogP contribution is -2.54. The minimum absolute atomic E-state index is 0.0411. The van der Waals surface area contributed by atoms with E-state index in [4.69, 9.17) is 5.73 Å². The van der Waals surface area contributed by atoms with Crippen LogP contribution >= 0.6 is 0 Å². The molecule has 1 heterocycles. The highest BCUT2D eigenvalue weighted by Crippen LogP contribution is 2.36. The lowest BCUT2D eigenvalue weighted by molar-refractivity contribution is -0.143. The van der Waals surface area contributed by atoms with E-state index in [1.165, 1.54) is 11.9 Å². The molecule has 12 heteroatoms. The first-order valence-corrected chi connectivity index (χ1v) is 12.6. The minimum atomic E-state index is -4.93. The van der Waals surface area contributed by atoms with Crippen molar-refractivity contribution >= 4 is 11.9 Å². The largest absolute Gasteiger partial charge is 0.416 e. The smallest absolute Gasteiger partial charge is 0.370 e. The number of carbonyl (C=O) groups is 1. The molecular weight excluding hydrogens is 524 g/mol. The third-order valence-electron chi connectivity index (χ3n) is 6.50. The van der Waals surface area contributed by atoms with Crippen LogP contribution in [-0.2, 0) is 23.6 Å². The van der Waals surface area contributed by atoms with Crippen molar-refractivity contribution in [2.24, 2.45) is 10.7 Å². The van der Waals surface area contributed by atoms with E-state index >= 15 is 0 Å². The van der Waals surface area contributed by atoms with Crippen LogP contribution in [0.2, 0.25) is 0 Å². The van der Waals surface area contributed by atoms with E-state index in [2.05, 4.69) is 4.99 Å². The number of carbonyl (C=O) groups excluding carboxylic acids is 1. The standard InChI is InChI=1S/C27H33F6N5O/c1-18(2)35-25(34)38-13-11-37(12-14-38)23(20-7-5-4-6-8-20)24(39)36(3)10-9-19-15-21(26(28,29)30)17-22(16-19)27(31,32)33/h4-8,15-18,23H,9-14H2,1-3H3,(H2,34,35). The Morgan fingerprint density at radius 1 is 0.949 bits per heavy atom. The Kier molecular flexibility index (Phi) is 9.52. The summed E-state index contributed by atoms with van der Waals surface area (Å²) in [6, 6.07) is 9.94. The maximum Gasteiger partial charge on any atom is 0.416 e. The van der Waals surface area contributed by atoms with Crippen molar-refractivity contribution in [3.8, 4) is 0 Å². The summed E-state index contributed by atoms with van der Waals surface area (Å²) in [5, 5.41) is 0. The van der Waals surface area contributed by atoms with Crippen LogP contribution in [0.1, 0.15) is 42.1 Å². The molecule has 2 aromatic rings. The van der Waals surface area contributed by atoms with Crippen LogP contribution < -0.4 is 5.73 Å². The molecule has 0 bridgehead atoms. The van der Waals surface area contributed by atoms with Gasteiger partial charge in [0.25, 0.3) is 0 Å². The molecule has 0 saturated carbocycles. The van der Waals surface area contributed by atoms with Crippen molar-refractivity contribution in [1.29, 1.82) is 0 Å². The highest BCUT2D eigenvalue weighted by atomic mass is 19.4. The zero-order valence-corrected chi connectivity index (χ0v) is 22.1. The summed E-state index contributed by atoms with van der Waals surface area (Å²) in [5.41, 5.74) is 3.94. The number of piperazine rings is 1. The van der Waals surface area contributed by atoms with Gasteiger partial charge in [-0.05, 0) is 49.6 Å². The van der Waals surface area contributed by atoms with Crippen molar-refractivity contribution in [2.45, 2.75) is 44.7 Å². The van der Waals surface area contributed by atoms with Crippen molar-refractivity contribution in [1.82, 2.24) is 14.7 Å². The quantitative estimate of drug-likeness (QED) is 0.302. The summed E-state index contributed by atoms with van der Waals surface area (Å²) in [5.74, 6) is 0.130. The summed E-state index contributed by atoms with van der Waals surface area (Å²) in [6.07, 6.45) is -10.0. The Labute approximate surface area is 224 Å². The fourth-order valence-electron chi connectivity index (χ4n) is 4.48. The van der Waals surface area contributed by atoms with Crippen LogP contribution in [0.25, 0.3) is 0 Å².